The number of nitro benzene ring substituents is 1. The smallest absolute Gasteiger partial charge is 0.355 e. The number of Topliss-reactive ketones (excluding diaryl/α,β-unsaturated/α-hetero) is 1. The third-order valence-electron chi connectivity index (χ3n) is 4.68. The Morgan fingerprint density at radius 1 is 1.16 bits per heavy atom. The van der Waals surface area contributed by atoms with Gasteiger partial charge >= 0.3 is 5.97 Å². The van der Waals surface area contributed by atoms with E-state index in [1.807, 2.05) is 0 Å². The van der Waals surface area contributed by atoms with E-state index in [2.05, 4.69) is 20.8 Å². The van der Waals surface area contributed by atoms with E-state index < -0.39 is 22.7 Å². The summed E-state index contributed by atoms with van der Waals surface area (Å²) in [5.74, 6) is -1.18. The maximum Gasteiger partial charge on any atom is 0.355 e. The van der Waals surface area contributed by atoms with E-state index in [4.69, 9.17) is 16.3 Å². The molecule has 0 fully saturated rings. The molecule has 156 valence electrons. The van der Waals surface area contributed by atoms with Crippen LogP contribution in [-0.4, -0.2) is 44.0 Å². The number of ketones is 1. The predicted octanol–water partition coefficient (Wildman–Crippen LogP) is 2.56. The van der Waals surface area contributed by atoms with E-state index in [0.717, 1.165) is 0 Å². The highest BCUT2D eigenvalue weighted by molar-refractivity contribution is 6.30. The molecular formula is C19H13ClN6O5. The fraction of sp³-hybridized carbons (Fsp3) is 0.105. The Kier molecular flexibility index (Phi) is 5.17. The topological polar surface area (TPSA) is 142 Å². The Labute approximate surface area is 179 Å². The van der Waals surface area contributed by atoms with E-state index in [1.165, 1.54) is 48.2 Å². The monoisotopic (exact) mass is 440 g/mol. The van der Waals surface area contributed by atoms with Crippen molar-refractivity contribution in [1.29, 1.82) is 0 Å². The van der Waals surface area contributed by atoms with Crippen LogP contribution < -0.4 is 5.32 Å². The molecule has 2 heterocycles. The number of rotatable bonds is 5. The second kappa shape index (κ2) is 7.95. The summed E-state index contributed by atoms with van der Waals surface area (Å²) in [5.41, 5.74) is 0.485. The van der Waals surface area contributed by atoms with Gasteiger partial charge in [0.15, 0.2) is 5.78 Å². The number of non-ortho nitro benzene ring substituents is 1. The van der Waals surface area contributed by atoms with Gasteiger partial charge in [-0.3, -0.25) is 14.9 Å². The molecule has 4 rings (SSSR count). The molecule has 1 aliphatic rings. The zero-order valence-corrected chi connectivity index (χ0v) is 16.6. The van der Waals surface area contributed by atoms with Crippen molar-refractivity contribution in [3.63, 3.8) is 0 Å². The van der Waals surface area contributed by atoms with E-state index in [1.54, 1.807) is 12.1 Å². The van der Waals surface area contributed by atoms with Crippen LogP contribution in [0.3, 0.4) is 0 Å². The maximum atomic E-state index is 13.5. The van der Waals surface area contributed by atoms with Crippen molar-refractivity contribution in [1.82, 2.24) is 20.2 Å². The number of carbonyl (C=O) groups excluding carboxylic acids is 2. The van der Waals surface area contributed by atoms with Crippen molar-refractivity contribution >= 4 is 35.0 Å². The number of methoxy groups -OCH3 is 1. The number of benzene rings is 2. The SMILES string of the molecule is COC(=O)C1=C(C(=O)c2ccc(Cl)cc2)[C@@H](c2ccc([N+](=O)[O-])cc2)n2nnnc2N1. The number of fused-ring (bicyclic) bond motifs is 1. The van der Waals surface area contributed by atoms with Crippen LogP contribution in [0.1, 0.15) is 22.0 Å². The quantitative estimate of drug-likeness (QED) is 0.274. The summed E-state index contributed by atoms with van der Waals surface area (Å²) in [6.07, 6.45) is 0. The largest absolute Gasteiger partial charge is 0.464 e. The number of halogens is 1. The molecule has 2 aromatic carbocycles. The highest BCUT2D eigenvalue weighted by atomic mass is 35.5. The van der Waals surface area contributed by atoms with Crippen molar-refractivity contribution in [2.24, 2.45) is 0 Å². The number of hydrogen-bond acceptors (Lipinski definition) is 9. The lowest BCUT2D eigenvalue weighted by molar-refractivity contribution is -0.384. The fourth-order valence-electron chi connectivity index (χ4n) is 3.23. The van der Waals surface area contributed by atoms with Gasteiger partial charge in [0.2, 0.25) is 5.95 Å². The van der Waals surface area contributed by atoms with E-state index >= 15 is 0 Å². The molecule has 1 aliphatic heterocycles. The first-order valence-electron chi connectivity index (χ1n) is 8.82. The average Bonchev–Trinajstić information content (AvgIpc) is 3.25. The van der Waals surface area contributed by atoms with Crippen LogP contribution in [0.5, 0.6) is 0 Å². The summed E-state index contributed by atoms with van der Waals surface area (Å²) in [5, 5.41) is 25.6. The van der Waals surface area contributed by atoms with Crippen molar-refractivity contribution in [3.05, 3.63) is 86.1 Å². The Morgan fingerprint density at radius 3 is 2.45 bits per heavy atom. The number of nitrogens with zero attached hydrogens (tertiary/aromatic N) is 5. The molecule has 0 bridgehead atoms. The first-order valence-corrected chi connectivity index (χ1v) is 9.20. The molecular weight excluding hydrogens is 428 g/mol. The summed E-state index contributed by atoms with van der Waals surface area (Å²) >= 11 is 5.93. The lowest BCUT2D eigenvalue weighted by Crippen LogP contribution is -2.32. The number of tetrazole rings is 1. The Balaban J connectivity index is 1.92. The molecule has 3 aromatic rings. The molecule has 0 saturated heterocycles. The molecule has 0 spiro atoms. The lowest BCUT2D eigenvalue weighted by Gasteiger charge is -2.28. The Bertz CT molecular complexity index is 1220. The maximum absolute atomic E-state index is 13.5. The van der Waals surface area contributed by atoms with Gasteiger partial charge in [-0.25, -0.2) is 4.79 Å². The molecule has 0 radical (unpaired) electrons. The molecule has 12 heteroatoms. The molecule has 0 aliphatic carbocycles. The number of ether oxygens (including phenoxy) is 1. The van der Waals surface area contributed by atoms with Gasteiger partial charge in [0.05, 0.1) is 17.6 Å². The molecule has 0 amide bonds. The van der Waals surface area contributed by atoms with Gasteiger partial charge in [0.1, 0.15) is 11.7 Å². The number of nitro groups is 1. The third kappa shape index (κ3) is 3.62. The molecule has 31 heavy (non-hydrogen) atoms. The minimum absolute atomic E-state index is 0.0165. The summed E-state index contributed by atoms with van der Waals surface area (Å²) in [4.78, 5) is 36.5. The third-order valence-corrected chi connectivity index (χ3v) is 4.93. The Morgan fingerprint density at radius 2 is 1.84 bits per heavy atom. The molecule has 1 atom stereocenters. The van der Waals surface area contributed by atoms with Gasteiger partial charge in [-0.2, -0.15) is 4.68 Å². The normalized spacial score (nSPS) is 15.1. The van der Waals surface area contributed by atoms with Gasteiger partial charge in [-0.1, -0.05) is 16.7 Å². The zero-order valence-electron chi connectivity index (χ0n) is 15.9. The summed E-state index contributed by atoms with van der Waals surface area (Å²) in [6, 6.07) is 10.7. The van der Waals surface area contributed by atoms with Gasteiger partial charge < -0.3 is 10.1 Å². The molecule has 11 nitrogen and oxygen atoms in total. The average molecular weight is 441 g/mol. The van der Waals surface area contributed by atoms with Crippen LogP contribution >= 0.6 is 11.6 Å². The van der Waals surface area contributed by atoms with E-state index in [-0.39, 0.29) is 28.5 Å². The van der Waals surface area contributed by atoms with Crippen LogP contribution in [0, 0.1) is 10.1 Å². The molecule has 0 saturated carbocycles. The number of aromatic nitrogens is 4. The molecule has 1 aromatic heterocycles. The summed E-state index contributed by atoms with van der Waals surface area (Å²) < 4.78 is 6.17. The first kappa shape index (κ1) is 20.2. The highest BCUT2D eigenvalue weighted by Gasteiger charge is 2.38. The first-order chi connectivity index (χ1) is 14.9. The number of nitrogens with one attached hydrogen (secondary N) is 1. The second-order valence-corrected chi connectivity index (χ2v) is 6.88. The number of esters is 1. The number of allylic oxidation sites excluding steroid dienone is 1. The summed E-state index contributed by atoms with van der Waals surface area (Å²) in [6.45, 7) is 0. The number of hydrogen-bond donors (Lipinski definition) is 1. The lowest BCUT2D eigenvalue weighted by atomic mass is 9.89. The van der Waals surface area contributed by atoms with Crippen LogP contribution in [0.15, 0.2) is 59.8 Å². The predicted molar refractivity (Wildman–Crippen MR) is 107 cm³/mol. The van der Waals surface area contributed by atoms with Gasteiger partial charge in [-0.15, -0.1) is 0 Å². The van der Waals surface area contributed by atoms with Crippen molar-refractivity contribution in [2.75, 3.05) is 12.4 Å². The Hall–Kier alpha value is -4.12. The van der Waals surface area contributed by atoms with E-state index in [9.17, 15) is 19.7 Å². The summed E-state index contributed by atoms with van der Waals surface area (Å²) in [7, 11) is 1.18. The minimum Gasteiger partial charge on any atom is -0.464 e. The van der Waals surface area contributed by atoms with Crippen LogP contribution in [0.2, 0.25) is 5.02 Å². The molecule has 1 N–H and O–H groups in total. The number of carbonyl (C=O) groups is 2. The van der Waals surface area contributed by atoms with Gasteiger partial charge in [0.25, 0.3) is 5.69 Å². The minimum atomic E-state index is -0.940. The van der Waals surface area contributed by atoms with Crippen LogP contribution in [0.25, 0.3) is 0 Å². The van der Waals surface area contributed by atoms with Gasteiger partial charge in [-0.05, 0) is 52.4 Å². The van der Waals surface area contributed by atoms with Crippen molar-refractivity contribution < 1.29 is 19.2 Å². The van der Waals surface area contributed by atoms with Crippen LogP contribution in [0.4, 0.5) is 11.6 Å². The van der Waals surface area contributed by atoms with E-state index in [0.29, 0.717) is 10.6 Å². The highest BCUT2D eigenvalue weighted by Crippen LogP contribution is 2.37. The molecule has 0 unspecified atom stereocenters. The van der Waals surface area contributed by atoms with Crippen molar-refractivity contribution in [2.45, 2.75) is 6.04 Å². The van der Waals surface area contributed by atoms with Gasteiger partial charge in [0, 0.05) is 22.7 Å². The van der Waals surface area contributed by atoms with Crippen molar-refractivity contribution in [3.8, 4) is 0 Å². The fourth-order valence-corrected chi connectivity index (χ4v) is 3.36. The zero-order chi connectivity index (χ0) is 22.1. The second-order valence-electron chi connectivity index (χ2n) is 6.44. The standard InChI is InChI=1S/C19H13ClN6O5/c1-31-18(28)15-14(17(27)11-2-6-12(20)7-3-11)16(25-19(21-15)22-23-24-25)10-4-8-13(9-5-10)26(29)30/h2-9,16H,1H3,(H,21,22,24)/t16-/m1/s1. The van der Waals surface area contributed by atoms with Crippen LogP contribution in [-0.2, 0) is 9.53 Å². The number of anilines is 1.